The van der Waals surface area contributed by atoms with Gasteiger partial charge in [0.25, 0.3) is 0 Å². The van der Waals surface area contributed by atoms with Gasteiger partial charge in [-0.1, -0.05) is 30.3 Å². The minimum absolute atomic E-state index is 0.0207. The maximum Gasteiger partial charge on any atom is 0.407 e. The number of aliphatic hydroxyl groups is 1. The second kappa shape index (κ2) is 39.8. The Morgan fingerprint density at radius 3 is 1.00 bits per heavy atom. The summed E-state index contributed by atoms with van der Waals surface area (Å²) < 4.78 is 70.1. The molecule has 0 aliphatic rings. The SMILES string of the molecule is O=C(NCCOCCOCCOCCOCCOCCOCCOCCOCCOCCOCCOCCOCCO)OCc1ccccc1. The lowest BCUT2D eigenvalue weighted by atomic mass is 10.2. The Morgan fingerprint density at radius 2 is 0.700 bits per heavy atom. The molecule has 1 aromatic rings. The summed E-state index contributed by atoms with van der Waals surface area (Å²) in [4.78, 5) is 11.6. The third-order valence-corrected chi connectivity index (χ3v) is 6.06. The van der Waals surface area contributed by atoms with Gasteiger partial charge in [-0.25, -0.2) is 4.79 Å². The summed E-state index contributed by atoms with van der Waals surface area (Å²) in [5, 5.41) is 11.2. The molecule has 0 radical (unpaired) electrons. The average Bonchev–Trinajstić information content (AvgIpc) is 3.14. The zero-order chi connectivity index (χ0) is 35.7. The molecule has 16 nitrogen and oxygen atoms in total. The van der Waals surface area contributed by atoms with E-state index in [-0.39, 0.29) is 13.2 Å². The highest BCUT2D eigenvalue weighted by Crippen LogP contribution is 2.00. The first-order valence-electron chi connectivity index (χ1n) is 17.3. The summed E-state index contributed by atoms with van der Waals surface area (Å²) in [5.74, 6) is 0. The zero-order valence-corrected chi connectivity index (χ0v) is 29.6. The van der Waals surface area contributed by atoms with Crippen LogP contribution >= 0.6 is 0 Å². The summed E-state index contributed by atoms with van der Waals surface area (Å²) >= 11 is 0. The van der Waals surface area contributed by atoms with E-state index in [4.69, 9.17) is 66.7 Å². The molecule has 0 atom stereocenters. The van der Waals surface area contributed by atoms with E-state index in [2.05, 4.69) is 5.32 Å². The molecule has 0 unspecified atom stereocenters. The monoisotopic (exact) mass is 723 g/mol. The number of hydrogen-bond donors (Lipinski definition) is 2. The highest BCUT2D eigenvalue weighted by molar-refractivity contribution is 5.67. The number of carbonyl (C=O) groups excluding carboxylic acids is 1. The number of benzene rings is 1. The normalized spacial score (nSPS) is 11.3. The molecular weight excluding hydrogens is 662 g/mol. The standard InChI is InChI=1S/C34H61NO15/c36-7-9-39-11-13-41-15-17-43-19-21-45-23-25-47-27-29-49-31-30-48-28-26-46-24-22-44-20-18-42-16-14-40-12-10-38-8-6-35-34(37)50-32-33-4-2-1-3-5-33/h1-5,36H,6-32H2,(H,35,37). The topological polar surface area (TPSA) is 169 Å². The third-order valence-electron chi connectivity index (χ3n) is 6.06. The Morgan fingerprint density at radius 1 is 0.420 bits per heavy atom. The van der Waals surface area contributed by atoms with Crippen molar-refractivity contribution in [2.24, 2.45) is 0 Å². The van der Waals surface area contributed by atoms with Gasteiger partial charge >= 0.3 is 6.09 Å². The van der Waals surface area contributed by atoms with Crippen LogP contribution in [0.5, 0.6) is 0 Å². The highest BCUT2D eigenvalue weighted by atomic mass is 16.6. The molecule has 0 heterocycles. The lowest BCUT2D eigenvalue weighted by molar-refractivity contribution is -0.0285. The van der Waals surface area contributed by atoms with Gasteiger partial charge in [-0.05, 0) is 5.56 Å². The fourth-order valence-electron chi connectivity index (χ4n) is 3.59. The Labute approximate surface area is 297 Å². The molecule has 50 heavy (non-hydrogen) atoms. The lowest BCUT2D eigenvalue weighted by Crippen LogP contribution is -2.28. The van der Waals surface area contributed by atoms with Gasteiger partial charge in [-0.3, -0.25) is 0 Å². The van der Waals surface area contributed by atoms with Crippen LogP contribution in [0.1, 0.15) is 5.56 Å². The molecule has 0 aliphatic carbocycles. The number of rotatable bonds is 40. The first-order valence-corrected chi connectivity index (χ1v) is 17.3. The zero-order valence-electron chi connectivity index (χ0n) is 29.6. The van der Waals surface area contributed by atoms with E-state index in [1.807, 2.05) is 30.3 Å². The fourth-order valence-corrected chi connectivity index (χ4v) is 3.59. The van der Waals surface area contributed by atoms with Crippen molar-refractivity contribution in [2.75, 3.05) is 172 Å². The predicted molar refractivity (Wildman–Crippen MR) is 182 cm³/mol. The first kappa shape index (κ1) is 46.0. The van der Waals surface area contributed by atoms with Gasteiger partial charge in [-0.2, -0.15) is 0 Å². The van der Waals surface area contributed by atoms with Crippen molar-refractivity contribution in [3.8, 4) is 0 Å². The minimum atomic E-state index is -0.472. The second-order valence-electron chi connectivity index (χ2n) is 10.1. The predicted octanol–water partition coefficient (Wildman–Crippen LogP) is 1.10. The highest BCUT2D eigenvalue weighted by Gasteiger charge is 2.02. The average molecular weight is 724 g/mol. The van der Waals surface area contributed by atoms with Gasteiger partial charge in [0.05, 0.1) is 165 Å². The second-order valence-corrected chi connectivity index (χ2v) is 10.1. The molecule has 0 saturated heterocycles. The van der Waals surface area contributed by atoms with Crippen LogP contribution in [0.4, 0.5) is 4.79 Å². The molecule has 0 spiro atoms. The third kappa shape index (κ3) is 35.8. The van der Waals surface area contributed by atoms with E-state index in [0.717, 1.165) is 5.56 Å². The molecule has 0 bridgehead atoms. The largest absolute Gasteiger partial charge is 0.445 e. The summed E-state index contributed by atoms with van der Waals surface area (Å²) in [6.45, 7) is 11.9. The van der Waals surface area contributed by atoms with Gasteiger partial charge in [0, 0.05) is 6.54 Å². The van der Waals surface area contributed by atoms with Crippen LogP contribution in [0.2, 0.25) is 0 Å². The van der Waals surface area contributed by atoms with E-state index in [0.29, 0.717) is 165 Å². The molecular formula is C34H61NO15. The van der Waals surface area contributed by atoms with E-state index < -0.39 is 6.09 Å². The number of hydrogen-bond acceptors (Lipinski definition) is 15. The minimum Gasteiger partial charge on any atom is -0.445 e. The van der Waals surface area contributed by atoms with Gasteiger partial charge in [-0.15, -0.1) is 0 Å². The fraction of sp³-hybridized carbons (Fsp3) is 0.794. The maximum atomic E-state index is 11.6. The van der Waals surface area contributed by atoms with E-state index in [1.54, 1.807) is 0 Å². The molecule has 292 valence electrons. The van der Waals surface area contributed by atoms with Crippen LogP contribution < -0.4 is 5.32 Å². The molecule has 0 aromatic heterocycles. The van der Waals surface area contributed by atoms with Crippen molar-refractivity contribution < 1.29 is 71.5 Å². The van der Waals surface area contributed by atoms with Crippen molar-refractivity contribution in [2.45, 2.75) is 6.61 Å². The van der Waals surface area contributed by atoms with E-state index in [1.165, 1.54) is 0 Å². The number of alkyl carbamates (subject to hydrolysis) is 1. The lowest BCUT2D eigenvalue weighted by Gasteiger charge is -2.09. The van der Waals surface area contributed by atoms with Crippen molar-refractivity contribution >= 4 is 6.09 Å². The Balaban J connectivity index is 1.63. The molecule has 2 N–H and O–H groups in total. The number of nitrogens with one attached hydrogen (secondary N) is 1. The van der Waals surface area contributed by atoms with Crippen molar-refractivity contribution in [1.82, 2.24) is 5.32 Å². The molecule has 16 heteroatoms. The van der Waals surface area contributed by atoms with Crippen LogP contribution in [0.25, 0.3) is 0 Å². The molecule has 1 aromatic carbocycles. The van der Waals surface area contributed by atoms with Crippen LogP contribution in [0.3, 0.4) is 0 Å². The molecule has 0 aliphatic heterocycles. The number of amides is 1. The van der Waals surface area contributed by atoms with Crippen LogP contribution in [-0.2, 0) is 68.2 Å². The number of carbonyl (C=O) groups is 1. The van der Waals surface area contributed by atoms with E-state index in [9.17, 15) is 4.79 Å². The van der Waals surface area contributed by atoms with Gasteiger partial charge < -0.3 is 72.0 Å². The molecule has 1 rings (SSSR count). The Kier molecular flexibility index (Phi) is 36.6. The van der Waals surface area contributed by atoms with Gasteiger partial charge in [0.15, 0.2) is 0 Å². The maximum absolute atomic E-state index is 11.6. The van der Waals surface area contributed by atoms with Crippen molar-refractivity contribution in [1.29, 1.82) is 0 Å². The first-order chi connectivity index (χ1) is 24.8. The Bertz CT molecular complexity index is 812. The van der Waals surface area contributed by atoms with Gasteiger partial charge in [0.1, 0.15) is 6.61 Å². The van der Waals surface area contributed by atoms with Crippen LogP contribution in [-0.4, -0.2) is 183 Å². The molecule has 1 amide bonds. The van der Waals surface area contributed by atoms with Crippen molar-refractivity contribution in [3.63, 3.8) is 0 Å². The molecule has 0 fully saturated rings. The number of ether oxygens (including phenoxy) is 13. The van der Waals surface area contributed by atoms with Gasteiger partial charge in [0.2, 0.25) is 0 Å². The summed E-state index contributed by atoms with van der Waals surface area (Å²) in [6.07, 6.45) is -0.472. The Hall–Kier alpha value is -2.03. The van der Waals surface area contributed by atoms with E-state index >= 15 is 0 Å². The summed E-state index contributed by atoms with van der Waals surface area (Å²) in [7, 11) is 0. The van der Waals surface area contributed by atoms with Crippen LogP contribution in [0, 0.1) is 0 Å². The summed E-state index contributed by atoms with van der Waals surface area (Å²) in [5.41, 5.74) is 0.935. The van der Waals surface area contributed by atoms with Crippen LogP contribution in [0.15, 0.2) is 30.3 Å². The number of aliphatic hydroxyl groups excluding tert-OH is 1. The molecule has 0 saturated carbocycles. The van der Waals surface area contributed by atoms with Crippen molar-refractivity contribution in [3.05, 3.63) is 35.9 Å². The quantitative estimate of drug-likeness (QED) is 0.0923. The summed E-state index contributed by atoms with van der Waals surface area (Å²) in [6, 6.07) is 9.50. The smallest absolute Gasteiger partial charge is 0.407 e.